The molecule has 2 fully saturated rings. The third-order valence-electron chi connectivity index (χ3n) is 6.32. The molecule has 1 aromatic rings. The number of imidazole rings is 1. The van der Waals surface area contributed by atoms with Gasteiger partial charge in [0.2, 0.25) is 11.8 Å². The first-order chi connectivity index (χ1) is 12.9. The zero-order valence-corrected chi connectivity index (χ0v) is 16.4. The smallest absolute Gasteiger partial charge is 0.230 e. The average Bonchev–Trinajstić information content (AvgIpc) is 3.38. The number of rotatable bonds is 6. The standard InChI is InChI=1S/C20H28N4O3/c1-5-13(6-2)24-11-20-8-7-14(27-20)16(17(20)19(24)26)18(25)23(4)10-15-21-9-12(3)22-15/h7-9,13-14,16-17H,5-6,10-11H2,1-4H3,(H,21,22)/t14-,16?,17?,20-/m0/s1. The Bertz CT molecular complexity index is 784. The van der Waals surface area contributed by atoms with E-state index in [0.29, 0.717) is 13.1 Å². The van der Waals surface area contributed by atoms with Crippen LogP contribution in [0, 0.1) is 18.8 Å². The predicted octanol–water partition coefficient (Wildman–Crippen LogP) is 1.65. The molecule has 2 saturated heterocycles. The predicted molar refractivity (Wildman–Crippen MR) is 99.6 cm³/mol. The number of aryl methyl sites for hydroxylation is 1. The van der Waals surface area contributed by atoms with Crippen LogP contribution in [-0.2, 0) is 20.9 Å². The molecule has 2 amide bonds. The molecule has 1 spiro atoms. The normalized spacial score (nSPS) is 31.2. The van der Waals surface area contributed by atoms with Gasteiger partial charge in [0.1, 0.15) is 11.4 Å². The van der Waals surface area contributed by atoms with E-state index >= 15 is 0 Å². The topological polar surface area (TPSA) is 78.5 Å². The fourth-order valence-electron chi connectivity index (χ4n) is 4.95. The number of likely N-dealkylation sites (tertiary alicyclic amines) is 1. The highest BCUT2D eigenvalue weighted by atomic mass is 16.5. The molecule has 2 bridgehead atoms. The third-order valence-corrected chi connectivity index (χ3v) is 6.32. The molecule has 146 valence electrons. The number of nitrogens with one attached hydrogen (secondary N) is 1. The molecular formula is C20H28N4O3. The number of hydrogen-bond acceptors (Lipinski definition) is 4. The van der Waals surface area contributed by atoms with Crippen LogP contribution in [0.1, 0.15) is 38.2 Å². The Hall–Kier alpha value is -2.15. The van der Waals surface area contributed by atoms with Crippen LogP contribution in [-0.4, -0.2) is 62.9 Å². The van der Waals surface area contributed by atoms with Gasteiger partial charge in [0.25, 0.3) is 0 Å². The van der Waals surface area contributed by atoms with E-state index in [1.807, 2.05) is 24.0 Å². The van der Waals surface area contributed by atoms with Crippen molar-refractivity contribution >= 4 is 11.8 Å². The number of amides is 2. The summed E-state index contributed by atoms with van der Waals surface area (Å²) >= 11 is 0. The van der Waals surface area contributed by atoms with Gasteiger partial charge in [-0.05, 0) is 19.8 Å². The molecule has 1 N–H and O–H groups in total. The molecule has 4 heterocycles. The highest BCUT2D eigenvalue weighted by Gasteiger charge is 2.67. The monoisotopic (exact) mass is 372 g/mol. The number of carbonyl (C=O) groups is 2. The first-order valence-electron chi connectivity index (χ1n) is 9.83. The maximum atomic E-state index is 13.3. The van der Waals surface area contributed by atoms with Gasteiger partial charge < -0.3 is 19.5 Å². The van der Waals surface area contributed by atoms with Gasteiger partial charge in [-0.15, -0.1) is 0 Å². The Balaban J connectivity index is 1.56. The molecule has 27 heavy (non-hydrogen) atoms. The number of carbonyl (C=O) groups excluding carboxylic acids is 2. The number of H-pyrrole nitrogens is 1. The van der Waals surface area contributed by atoms with Crippen molar-refractivity contribution in [2.75, 3.05) is 13.6 Å². The third kappa shape index (κ3) is 2.71. The first kappa shape index (κ1) is 18.2. The minimum absolute atomic E-state index is 0.0509. The van der Waals surface area contributed by atoms with E-state index < -0.39 is 17.4 Å². The summed E-state index contributed by atoms with van der Waals surface area (Å²) in [5.74, 6) is -0.112. The Morgan fingerprint density at radius 1 is 1.48 bits per heavy atom. The number of fused-ring (bicyclic) bond motifs is 1. The van der Waals surface area contributed by atoms with E-state index in [1.165, 1.54) is 0 Å². The van der Waals surface area contributed by atoms with E-state index in [4.69, 9.17) is 4.74 Å². The number of nitrogens with zero attached hydrogens (tertiary/aromatic N) is 3. The van der Waals surface area contributed by atoms with Crippen molar-refractivity contribution in [1.29, 1.82) is 0 Å². The van der Waals surface area contributed by atoms with Gasteiger partial charge in [0, 0.05) is 25.0 Å². The van der Waals surface area contributed by atoms with Crippen molar-refractivity contribution in [2.24, 2.45) is 11.8 Å². The molecule has 4 atom stereocenters. The summed E-state index contributed by atoms with van der Waals surface area (Å²) in [7, 11) is 1.76. The summed E-state index contributed by atoms with van der Waals surface area (Å²) in [4.78, 5) is 37.5. The highest BCUT2D eigenvalue weighted by Crippen LogP contribution is 2.52. The van der Waals surface area contributed by atoms with Gasteiger partial charge in [-0.2, -0.15) is 0 Å². The number of aromatic nitrogens is 2. The summed E-state index contributed by atoms with van der Waals surface area (Å²) in [6, 6.07) is 0.202. The van der Waals surface area contributed by atoms with Gasteiger partial charge in [-0.25, -0.2) is 4.98 Å². The van der Waals surface area contributed by atoms with Crippen LogP contribution in [0.5, 0.6) is 0 Å². The van der Waals surface area contributed by atoms with Crippen molar-refractivity contribution in [1.82, 2.24) is 19.8 Å². The fourth-order valence-corrected chi connectivity index (χ4v) is 4.95. The lowest BCUT2D eigenvalue weighted by atomic mass is 9.76. The molecule has 7 nitrogen and oxygen atoms in total. The summed E-state index contributed by atoms with van der Waals surface area (Å²) in [6.45, 7) is 7.08. The van der Waals surface area contributed by atoms with Crippen molar-refractivity contribution in [2.45, 2.75) is 57.9 Å². The molecule has 7 heteroatoms. The van der Waals surface area contributed by atoms with Crippen molar-refractivity contribution < 1.29 is 14.3 Å². The molecule has 3 aliphatic heterocycles. The zero-order chi connectivity index (χ0) is 19.3. The van der Waals surface area contributed by atoms with Crippen LogP contribution in [0.15, 0.2) is 18.3 Å². The number of ether oxygens (including phenoxy) is 1. The second-order valence-corrected chi connectivity index (χ2v) is 8.04. The van der Waals surface area contributed by atoms with Crippen molar-refractivity contribution in [3.8, 4) is 0 Å². The van der Waals surface area contributed by atoms with Gasteiger partial charge in [-0.3, -0.25) is 9.59 Å². The van der Waals surface area contributed by atoms with Gasteiger partial charge in [-0.1, -0.05) is 26.0 Å². The molecular weight excluding hydrogens is 344 g/mol. The summed E-state index contributed by atoms with van der Waals surface area (Å²) in [5.41, 5.74) is 0.329. The van der Waals surface area contributed by atoms with Crippen LogP contribution in [0.25, 0.3) is 0 Å². The molecule has 4 rings (SSSR count). The second-order valence-electron chi connectivity index (χ2n) is 8.04. The van der Waals surface area contributed by atoms with Crippen LogP contribution >= 0.6 is 0 Å². The number of aromatic amines is 1. The van der Waals surface area contributed by atoms with E-state index in [9.17, 15) is 9.59 Å². The van der Waals surface area contributed by atoms with Crippen molar-refractivity contribution in [3.05, 3.63) is 29.9 Å². The SMILES string of the molecule is CCC(CC)N1C[C@]23C=C[C@H](O2)C(C(=O)N(C)Cc2ncc(C)[nH]2)C3C1=O. The van der Waals surface area contributed by atoms with E-state index in [2.05, 4.69) is 23.8 Å². The lowest BCUT2D eigenvalue weighted by Gasteiger charge is -2.29. The highest BCUT2D eigenvalue weighted by molar-refractivity contribution is 5.93. The maximum absolute atomic E-state index is 13.3. The number of hydrogen-bond donors (Lipinski definition) is 1. The van der Waals surface area contributed by atoms with E-state index in [-0.39, 0.29) is 24.0 Å². The molecule has 2 unspecified atom stereocenters. The molecule has 0 aromatic carbocycles. The fraction of sp³-hybridized carbons (Fsp3) is 0.650. The Morgan fingerprint density at radius 2 is 2.22 bits per heavy atom. The maximum Gasteiger partial charge on any atom is 0.230 e. The largest absolute Gasteiger partial charge is 0.360 e. The first-order valence-corrected chi connectivity index (χ1v) is 9.83. The summed E-state index contributed by atoms with van der Waals surface area (Å²) < 4.78 is 6.22. The Kier molecular flexibility index (Phi) is 4.37. The lowest BCUT2D eigenvalue weighted by molar-refractivity contribution is -0.143. The second kappa shape index (κ2) is 6.48. The lowest BCUT2D eigenvalue weighted by Crippen LogP contribution is -2.45. The van der Waals surface area contributed by atoms with E-state index in [1.54, 1.807) is 18.1 Å². The molecule has 0 radical (unpaired) electrons. The van der Waals surface area contributed by atoms with Gasteiger partial charge in [0.15, 0.2) is 0 Å². The van der Waals surface area contributed by atoms with Crippen LogP contribution < -0.4 is 0 Å². The Labute approximate surface area is 159 Å². The molecule has 1 aromatic heterocycles. The van der Waals surface area contributed by atoms with Crippen LogP contribution in [0.2, 0.25) is 0 Å². The average molecular weight is 372 g/mol. The quantitative estimate of drug-likeness (QED) is 0.770. The van der Waals surface area contributed by atoms with Crippen LogP contribution in [0.4, 0.5) is 0 Å². The van der Waals surface area contributed by atoms with Crippen LogP contribution in [0.3, 0.4) is 0 Å². The van der Waals surface area contributed by atoms with Gasteiger partial charge >= 0.3 is 0 Å². The minimum Gasteiger partial charge on any atom is -0.360 e. The van der Waals surface area contributed by atoms with Gasteiger partial charge in [0.05, 0.1) is 31.0 Å². The Morgan fingerprint density at radius 3 is 2.85 bits per heavy atom. The molecule has 0 aliphatic carbocycles. The minimum atomic E-state index is -0.632. The molecule has 0 saturated carbocycles. The van der Waals surface area contributed by atoms with Crippen molar-refractivity contribution in [3.63, 3.8) is 0 Å². The zero-order valence-electron chi connectivity index (χ0n) is 16.4. The summed E-state index contributed by atoms with van der Waals surface area (Å²) in [5, 5.41) is 0. The summed E-state index contributed by atoms with van der Waals surface area (Å²) in [6.07, 6.45) is 7.25. The van der Waals surface area contributed by atoms with E-state index in [0.717, 1.165) is 24.4 Å². The molecule has 3 aliphatic rings.